The van der Waals surface area contributed by atoms with Crippen LogP contribution in [0.25, 0.3) is 0 Å². The second-order valence-electron chi connectivity index (χ2n) is 10.5. The Morgan fingerprint density at radius 2 is 1.72 bits per heavy atom. The van der Waals surface area contributed by atoms with E-state index in [1.165, 1.54) is 31.2 Å². The van der Waals surface area contributed by atoms with Crippen molar-refractivity contribution < 1.29 is 4.79 Å². The summed E-state index contributed by atoms with van der Waals surface area (Å²) >= 11 is 0. The number of carbonyl (C=O) groups excluding carboxylic acids is 1. The van der Waals surface area contributed by atoms with Crippen LogP contribution < -0.4 is 0 Å². The molecule has 3 aliphatic rings. The van der Waals surface area contributed by atoms with Crippen molar-refractivity contribution in [3.05, 3.63) is 47.5 Å². The zero-order valence-electron chi connectivity index (χ0n) is 19.9. The fourth-order valence-electron chi connectivity index (χ4n) is 6.65. The molecule has 1 unspecified atom stereocenters. The van der Waals surface area contributed by atoms with Gasteiger partial charge in [-0.05, 0) is 44.1 Å². The Morgan fingerprint density at radius 1 is 1.03 bits per heavy atom. The predicted octanol–water partition coefficient (Wildman–Crippen LogP) is 4.14. The monoisotopic (exact) mass is 435 g/mol. The third-order valence-electron chi connectivity index (χ3n) is 8.19. The van der Waals surface area contributed by atoms with Crippen molar-refractivity contribution in [1.82, 2.24) is 24.6 Å². The summed E-state index contributed by atoms with van der Waals surface area (Å²) in [4.78, 5) is 17.1. The first-order valence-electron chi connectivity index (χ1n) is 12.4. The first-order chi connectivity index (χ1) is 15.4. The number of aromatic nitrogens is 3. The van der Waals surface area contributed by atoms with Crippen molar-refractivity contribution in [1.29, 1.82) is 0 Å². The van der Waals surface area contributed by atoms with Crippen LogP contribution in [0.5, 0.6) is 0 Å². The minimum Gasteiger partial charge on any atom is -0.342 e. The van der Waals surface area contributed by atoms with Gasteiger partial charge in [-0.15, -0.1) is 10.2 Å². The smallest absolute Gasteiger partial charge is 0.219 e. The van der Waals surface area contributed by atoms with Crippen molar-refractivity contribution in [2.75, 3.05) is 19.6 Å². The van der Waals surface area contributed by atoms with Crippen LogP contribution in [0.1, 0.15) is 81.5 Å². The van der Waals surface area contributed by atoms with Gasteiger partial charge in [0.25, 0.3) is 0 Å². The van der Waals surface area contributed by atoms with Crippen molar-refractivity contribution in [3.8, 4) is 0 Å². The molecule has 6 nitrogen and oxygen atoms in total. The topological polar surface area (TPSA) is 54.3 Å². The van der Waals surface area contributed by atoms with E-state index in [0.29, 0.717) is 35.9 Å². The molecule has 0 N–H and O–H groups in total. The number of carbonyl (C=O) groups is 1. The van der Waals surface area contributed by atoms with E-state index in [-0.39, 0.29) is 5.91 Å². The molecule has 3 saturated heterocycles. The molecule has 3 fully saturated rings. The van der Waals surface area contributed by atoms with Crippen LogP contribution in [0, 0.1) is 12.8 Å². The number of aryl methyl sites for hydroxylation is 1. The molecule has 32 heavy (non-hydrogen) atoms. The summed E-state index contributed by atoms with van der Waals surface area (Å²) in [6, 6.07) is 12.6. The Morgan fingerprint density at radius 3 is 2.34 bits per heavy atom. The molecule has 1 aromatic carbocycles. The van der Waals surface area contributed by atoms with E-state index in [2.05, 4.69) is 75.7 Å². The van der Waals surface area contributed by atoms with E-state index in [1.54, 1.807) is 6.92 Å². The summed E-state index contributed by atoms with van der Waals surface area (Å²) in [5.74, 6) is 3.74. The summed E-state index contributed by atoms with van der Waals surface area (Å²) in [5.41, 5.74) is 1.38. The molecule has 2 aromatic rings. The molecule has 5 rings (SSSR count). The van der Waals surface area contributed by atoms with Crippen molar-refractivity contribution in [2.24, 2.45) is 5.92 Å². The highest BCUT2D eigenvalue weighted by Gasteiger charge is 2.45. The van der Waals surface area contributed by atoms with Gasteiger partial charge in [0.15, 0.2) is 0 Å². The predicted molar refractivity (Wildman–Crippen MR) is 126 cm³/mol. The number of hydrogen-bond acceptors (Lipinski definition) is 4. The Bertz CT molecular complexity index is 940. The highest BCUT2D eigenvalue weighted by molar-refractivity contribution is 5.73. The lowest BCUT2D eigenvalue weighted by atomic mass is 9.87. The molecule has 0 radical (unpaired) electrons. The first-order valence-corrected chi connectivity index (χ1v) is 12.4. The number of hydrogen-bond donors (Lipinski definition) is 0. The molecule has 5 atom stereocenters. The second-order valence-corrected chi connectivity index (χ2v) is 10.5. The summed E-state index contributed by atoms with van der Waals surface area (Å²) < 4.78 is 2.44. The SMILES string of the molecule is CC(=O)N1C[C@H](CN2[C@@H]3CC[C@H]2CC(n2c(C)nnc2C(C)C)C3)[C@@H](c2ccccc2)C1. The molecule has 1 amide bonds. The normalized spacial score (nSPS) is 30.4. The molecule has 0 spiro atoms. The van der Waals surface area contributed by atoms with E-state index in [1.807, 2.05) is 0 Å². The van der Waals surface area contributed by atoms with Crippen LogP contribution in [0.15, 0.2) is 30.3 Å². The van der Waals surface area contributed by atoms with Gasteiger partial charge >= 0.3 is 0 Å². The average Bonchev–Trinajstić information content (AvgIpc) is 3.43. The number of nitrogens with zero attached hydrogens (tertiary/aromatic N) is 5. The zero-order valence-corrected chi connectivity index (χ0v) is 19.9. The van der Waals surface area contributed by atoms with Gasteiger partial charge in [-0.25, -0.2) is 0 Å². The van der Waals surface area contributed by atoms with Crippen LogP contribution in [0.2, 0.25) is 0 Å². The highest BCUT2D eigenvalue weighted by atomic mass is 16.2. The van der Waals surface area contributed by atoms with E-state index in [0.717, 1.165) is 31.3 Å². The van der Waals surface area contributed by atoms with Crippen LogP contribution in [-0.4, -0.2) is 62.2 Å². The molecular formula is C26H37N5O. The third kappa shape index (κ3) is 3.87. The molecule has 2 bridgehead atoms. The summed E-state index contributed by atoms with van der Waals surface area (Å²) in [5, 5.41) is 8.91. The lowest BCUT2D eigenvalue weighted by molar-refractivity contribution is -0.128. The minimum atomic E-state index is 0.208. The molecule has 1 aromatic heterocycles. The quantitative estimate of drug-likeness (QED) is 0.708. The average molecular weight is 436 g/mol. The fourth-order valence-corrected chi connectivity index (χ4v) is 6.65. The Labute approximate surface area is 192 Å². The van der Waals surface area contributed by atoms with E-state index in [9.17, 15) is 4.79 Å². The Hall–Kier alpha value is -2.21. The number of fused-ring (bicyclic) bond motifs is 2. The van der Waals surface area contributed by atoms with E-state index in [4.69, 9.17) is 0 Å². The largest absolute Gasteiger partial charge is 0.342 e. The van der Waals surface area contributed by atoms with Crippen LogP contribution in [-0.2, 0) is 4.79 Å². The molecule has 4 heterocycles. The molecule has 0 saturated carbocycles. The van der Waals surface area contributed by atoms with Gasteiger partial charge in [0.1, 0.15) is 11.6 Å². The molecular weight excluding hydrogens is 398 g/mol. The molecule has 172 valence electrons. The fraction of sp³-hybridized carbons (Fsp3) is 0.654. The van der Waals surface area contributed by atoms with Crippen LogP contribution in [0.4, 0.5) is 0 Å². The number of likely N-dealkylation sites (tertiary alicyclic amines) is 1. The van der Waals surface area contributed by atoms with E-state index >= 15 is 0 Å². The summed E-state index contributed by atoms with van der Waals surface area (Å²) in [6.07, 6.45) is 4.96. The van der Waals surface area contributed by atoms with E-state index < -0.39 is 0 Å². The molecule has 6 heteroatoms. The van der Waals surface area contributed by atoms with Gasteiger partial charge in [0.05, 0.1) is 0 Å². The lowest BCUT2D eigenvalue weighted by Gasteiger charge is -2.41. The number of rotatable bonds is 5. The first kappa shape index (κ1) is 21.6. The van der Waals surface area contributed by atoms with Crippen molar-refractivity contribution in [3.63, 3.8) is 0 Å². The van der Waals surface area contributed by atoms with Crippen molar-refractivity contribution in [2.45, 2.75) is 83.3 Å². The maximum atomic E-state index is 12.2. The Kier molecular flexibility index (Phi) is 5.82. The number of benzene rings is 1. The van der Waals surface area contributed by atoms with Gasteiger partial charge < -0.3 is 9.47 Å². The summed E-state index contributed by atoms with van der Waals surface area (Å²) in [7, 11) is 0. The number of amides is 1. The van der Waals surface area contributed by atoms with Gasteiger partial charge in [-0.3, -0.25) is 9.69 Å². The second kappa shape index (κ2) is 8.62. The van der Waals surface area contributed by atoms with Gasteiger partial charge in [0, 0.05) is 56.5 Å². The van der Waals surface area contributed by atoms with Gasteiger partial charge in [-0.2, -0.15) is 0 Å². The highest BCUT2D eigenvalue weighted by Crippen LogP contribution is 2.44. The van der Waals surface area contributed by atoms with Crippen LogP contribution >= 0.6 is 0 Å². The molecule has 0 aliphatic carbocycles. The lowest BCUT2D eigenvalue weighted by Crippen LogP contribution is -2.46. The standard InChI is InChI=1S/C26H37N5O/c1-17(2)26-28-27-18(3)31(26)24-12-22-10-11-23(13-24)30(22)15-21-14-29(19(4)32)16-25(21)20-8-6-5-7-9-20/h5-9,17,21-25H,10-16H2,1-4H3/t21-,22-,23+,24?,25-/m1/s1. The minimum absolute atomic E-state index is 0.208. The molecule has 3 aliphatic heterocycles. The third-order valence-corrected chi connectivity index (χ3v) is 8.19. The van der Waals surface area contributed by atoms with Crippen molar-refractivity contribution >= 4 is 5.91 Å². The maximum Gasteiger partial charge on any atom is 0.219 e. The Balaban J connectivity index is 1.34. The van der Waals surface area contributed by atoms with Gasteiger partial charge in [0.2, 0.25) is 5.91 Å². The van der Waals surface area contributed by atoms with Crippen LogP contribution in [0.3, 0.4) is 0 Å². The maximum absolute atomic E-state index is 12.2. The number of piperidine rings is 1. The van der Waals surface area contributed by atoms with Gasteiger partial charge in [-0.1, -0.05) is 44.2 Å². The summed E-state index contributed by atoms with van der Waals surface area (Å²) in [6.45, 7) is 11.1. The zero-order chi connectivity index (χ0) is 22.4.